The van der Waals surface area contributed by atoms with Gasteiger partial charge >= 0.3 is 5.97 Å². The van der Waals surface area contributed by atoms with Crippen molar-refractivity contribution in [1.82, 2.24) is 0 Å². The largest absolute Gasteiger partial charge is 0.463 e. The van der Waals surface area contributed by atoms with Crippen molar-refractivity contribution in [2.45, 2.75) is 84.6 Å². The molecule has 22 heavy (non-hydrogen) atoms. The van der Waals surface area contributed by atoms with Crippen molar-refractivity contribution >= 4 is 5.97 Å². The molecule has 1 heterocycles. The number of carbonyl (C=O) groups excluding carboxylic acids is 1. The van der Waals surface area contributed by atoms with Gasteiger partial charge in [-0.25, -0.2) is 0 Å². The highest BCUT2D eigenvalue weighted by molar-refractivity contribution is 5.65. The van der Waals surface area contributed by atoms with Crippen LogP contribution in [0.25, 0.3) is 0 Å². The van der Waals surface area contributed by atoms with Gasteiger partial charge in [0.15, 0.2) is 0 Å². The van der Waals surface area contributed by atoms with Crippen LogP contribution in [0.5, 0.6) is 0 Å². The van der Waals surface area contributed by atoms with Crippen molar-refractivity contribution in [2.24, 2.45) is 5.41 Å². The minimum Gasteiger partial charge on any atom is -0.463 e. The van der Waals surface area contributed by atoms with E-state index in [0.29, 0.717) is 0 Å². The predicted molar refractivity (Wildman–Crippen MR) is 81.4 cm³/mol. The van der Waals surface area contributed by atoms with Gasteiger partial charge in [0, 0.05) is 6.92 Å². The van der Waals surface area contributed by atoms with Gasteiger partial charge in [0.1, 0.15) is 31.0 Å². The number of esters is 1. The third-order valence-electron chi connectivity index (χ3n) is 3.48. The van der Waals surface area contributed by atoms with Gasteiger partial charge in [0.25, 0.3) is 0 Å². The van der Waals surface area contributed by atoms with E-state index in [1.807, 2.05) is 41.5 Å². The highest BCUT2D eigenvalue weighted by atomic mass is 16.6. The first-order valence-electron chi connectivity index (χ1n) is 7.65. The van der Waals surface area contributed by atoms with Crippen LogP contribution in [0.2, 0.25) is 0 Å². The van der Waals surface area contributed by atoms with Crippen LogP contribution in [0, 0.1) is 5.41 Å². The second-order valence-corrected chi connectivity index (χ2v) is 7.94. The van der Waals surface area contributed by atoms with Crippen molar-refractivity contribution in [1.29, 1.82) is 0 Å². The minimum absolute atomic E-state index is 0.0214. The Hall–Kier alpha value is -0.690. The van der Waals surface area contributed by atoms with Gasteiger partial charge in [0.2, 0.25) is 0 Å². The van der Waals surface area contributed by atoms with Crippen LogP contribution in [0.4, 0.5) is 0 Å². The van der Waals surface area contributed by atoms with Gasteiger partial charge in [-0.15, -0.1) is 0 Å². The summed E-state index contributed by atoms with van der Waals surface area (Å²) in [4.78, 5) is 11.1. The molecule has 0 radical (unpaired) electrons. The zero-order valence-corrected chi connectivity index (χ0v) is 14.6. The molecule has 1 fully saturated rings. The zero-order chi connectivity index (χ0) is 17.3. The van der Waals surface area contributed by atoms with E-state index in [-0.39, 0.29) is 12.0 Å². The molecule has 0 bridgehead atoms. The van der Waals surface area contributed by atoms with Gasteiger partial charge in [-0.05, 0) is 26.2 Å². The fourth-order valence-electron chi connectivity index (χ4n) is 2.54. The van der Waals surface area contributed by atoms with E-state index in [9.17, 15) is 15.0 Å². The second kappa shape index (κ2) is 6.83. The molecule has 0 spiro atoms. The Labute approximate surface area is 132 Å². The Morgan fingerprint density at radius 3 is 2.05 bits per heavy atom. The molecule has 0 aliphatic carbocycles. The summed E-state index contributed by atoms with van der Waals surface area (Å²) in [5.41, 5.74) is -0.903. The van der Waals surface area contributed by atoms with Gasteiger partial charge < -0.3 is 24.4 Å². The van der Waals surface area contributed by atoms with Crippen molar-refractivity contribution in [3.8, 4) is 0 Å². The molecule has 0 aromatic heterocycles. The van der Waals surface area contributed by atoms with E-state index in [1.54, 1.807) is 0 Å². The van der Waals surface area contributed by atoms with Crippen LogP contribution in [0.1, 0.15) is 48.5 Å². The molecule has 0 aromatic rings. The number of hydrogen-bond acceptors (Lipinski definition) is 6. The maximum Gasteiger partial charge on any atom is 0.302 e. The third kappa shape index (κ3) is 5.19. The molecule has 0 aromatic carbocycles. The Morgan fingerprint density at radius 2 is 1.64 bits per heavy atom. The van der Waals surface area contributed by atoms with E-state index in [0.717, 1.165) is 0 Å². The van der Waals surface area contributed by atoms with Crippen LogP contribution in [0.15, 0.2) is 0 Å². The Balaban J connectivity index is 2.99. The third-order valence-corrected chi connectivity index (χ3v) is 3.48. The van der Waals surface area contributed by atoms with Gasteiger partial charge in [-0.2, -0.15) is 0 Å². The molecule has 0 amide bonds. The van der Waals surface area contributed by atoms with Gasteiger partial charge in [-0.3, -0.25) is 4.79 Å². The highest BCUT2D eigenvalue weighted by Crippen LogP contribution is 2.35. The summed E-state index contributed by atoms with van der Waals surface area (Å²) in [6.45, 7) is 12.6. The van der Waals surface area contributed by atoms with E-state index in [2.05, 4.69) is 0 Å². The SMILES string of the molecule is CC(=O)OCC1OC(C(C)(C)C)C(O)C(O)C1OC(C)(C)C. The minimum atomic E-state index is -1.11. The quantitative estimate of drug-likeness (QED) is 0.762. The first-order chi connectivity index (χ1) is 9.83. The molecule has 5 unspecified atom stereocenters. The van der Waals surface area contributed by atoms with Gasteiger partial charge in [0.05, 0.1) is 11.7 Å². The van der Waals surface area contributed by atoms with Crippen LogP contribution in [-0.4, -0.2) is 58.9 Å². The molecule has 130 valence electrons. The van der Waals surface area contributed by atoms with Crippen molar-refractivity contribution in [3.63, 3.8) is 0 Å². The molecule has 6 heteroatoms. The Kier molecular flexibility index (Phi) is 6.01. The van der Waals surface area contributed by atoms with Crippen molar-refractivity contribution in [3.05, 3.63) is 0 Å². The van der Waals surface area contributed by atoms with Crippen molar-refractivity contribution < 1.29 is 29.2 Å². The smallest absolute Gasteiger partial charge is 0.302 e. The topological polar surface area (TPSA) is 85.2 Å². The summed E-state index contributed by atoms with van der Waals surface area (Å²) < 4.78 is 16.8. The normalized spacial score (nSPS) is 33.6. The summed E-state index contributed by atoms with van der Waals surface area (Å²) in [5.74, 6) is -0.425. The first kappa shape index (κ1) is 19.4. The molecule has 0 saturated carbocycles. The number of rotatable bonds is 3. The molecular weight excluding hydrogens is 288 g/mol. The summed E-state index contributed by atoms with van der Waals surface area (Å²) in [6.07, 6.45) is -4.17. The summed E-state index contributed by atoms with van der Waals surface area (Å²) >= 11 is 0. The van der Waals surface area contributed by atoms with Crippen LogP contribution < -0.4 is 0 Å². The highest BCUT2D eigenvalue weighted by Gasteiger charge is 2.50. The zero-order valence-electron chi connectivity index (χ0n) is 14.6. The molecular formula is C16H30O6. The molecule has 6 nitrogen and oxygen atoms in total. The lowest BCUT2D eigenvalue weighted by Gasteiger charge is -2.48. The molecule has 1 rings (SSSR count). The fourth-order valence-corrected chi connectivity index (χ4v) is 2.54. The molecule has 1 saturated heterocycles. The monoisotopic (exact) mass is 318 g/mol. The number of hydrogen-bond donors (Lipinski definition) is 2. The number of aliphatic hydroxyl groups is 2. The van der Waals surface area contributed by atoms with Gasteiger partial charge in [-0.1, -0.05) is 20.8 Å². The number of carbonyl (C=O) groups is 1. The predicted octanol–water partition coefficient (Wildman–Crippen LogP) is 1.27. The maximum absolute atomic E-state index is 11.1. The second-order valence-electron chi connectivity index (χ2n) is 7.94. The standard InChI is InChI=1S/C16H30O6/c1-9(17)20-8-10-13(22-16(5,6)7)11(18)12(19)14(21-10)15(2,3)4/h10-14,18-19H,8H2,1-7H3. The van der Waals surface area contributed by atoms with Crippen LogP contribution in [-0.2, 0) is 19.0 Å². The fraction of sp³-hybridized carbons (Fsp3) is 0.938. The number of aliphatic hydroxyl groups excluding tert-OH is 2. The summed E-state index contributed by atoms with van der Waals surface area (Å²) in [7, 11) is 0. The number of ether oxygens (including phenoxy) is 3. The van der Waals surface area contributed by atoms with Crippen LogP contribution in [0.3, 0.4) is 0 Å². The lowest BCUT2D eigenvalue weighted by atomic mass is 9.80. The van der Waals surface area contributed by atoms with Crippen LogP contribution >= 0.6 is 0 Å². The van der Waals surface area contributed by atoms with E-state index in [1.165, 1.54) is 6.92 Å². The Morgan fingerprint density at radius 1 is 1.09 bits per heavy atom. The average Bonchev–Trinajstić information content (AvgIpc) is 2.30. The summed E-state index contributed by atoms with van der Waals surface area (Å²) in [6, 6.07) is 0. The lowest BCUT2D eigenvalue weighted by molar-refractivity contribution is -0.277. The summed E-state index contributed by atoms with van der Waals surface area (Å²) in [5, 5.41) is 20.8. The molecule has 1 aliphatic heterocycles. The molecule has 5 atom stereocenters. The average molecular weight is 318 g/mol. The van der Waals surface area contributed by atoms with E-state index < -0.39 is 42.1 Å². The van der Waals surface area contributed by atoms with E-state index in [4.69, 9.17) is 14.2 Å². The molecule has 1 aliphatic rings. The van der Waals surface area contributed by atoms with Crippen molar-refractivity contribution in [2.75, 3.05) is 6.61 Å². The maximum atomic E-state index is 11.1. The first-order valence-corrected chi connectivity index (χ1v) is 7.65. The van der Waals surface area contributed by atoms with E-state index >= 15 is 0 Å². The molecule has 2 N–H and O–H groups in total. The lowest BCUT2D eigenvalue weighted by Crippen LogP contribution is -2.63. The Bertz CT molecular complexity index is 381.